The van der Waals surface area contributed by atoms with Crippen LogP contribution in [0.3, 0.4) is 0 Å². The van der Waals surface area contributed by atoms with Crippen LogP contribution in [-0.2, 0) is 0 Å². The zero-order valence-electron chi connectivity index (χ0n) is 10.1. The number of aliphatic hydroxyl groups excluding tert-OH is 1. The van der Waals surface area contributed by atoms with E-state index < -0.39 is 0 Å². The van der Waals surface area contributed by atoms with Crippen molar-refractivity contribution < 1.29 is 9.90 Å². The molecule has 4 nitrogen and oxygen atoms in total. The summed E-state index contributed by atoms with van der Waals surface area (Å²) in [5.41, 5.74) is 0.0568. The molecule has 0 unspecified atom stereocenters. The van der Waals surface area contributed by atoms with E-state index in [1.807, 2.05) is 13.0 Å². The third kappa shape index (κ3) is 6.96. The van der Waals surface area contributed by atoms with Crippen LogP contribution in [0.25, 0.3) is 0 Å². The third-order valence-corrected chi connectivity index (χ3v) is 1.83. The van der Waals surface area contributed by atoms with Crippen LogP contribution in [0.2, 0.25) is 0 Å². The Bertz CT molecular complexity index is 219. The maximum atomic E-state index is 11.5. The highest BCUT2D eigenvalue weighted by Gasteiger charge is 2.09. The van der Waals surface area contributed by atoms with Gasteiger partial charge in [-0.25, -0.2) is 4.79 Å². The van der Waals surface area contributed by atoms with Crippen LogP contribution < -0.4 is 5.32 Å². The SMILES string of the molecule is CCN(CCO)C(=O)N/C=C/C(C)(C)C. The van der Waals surface area contributed by atoms with Gasteiger partial charge in [-0.05, 0) is 12.3 Å². The fourth-order valence-corrected chi connectivity index (χ4v) is 0.978. The van der Waals surface area contributed by atoms with Crippen LogP contribution in [0.15, 0.2) is 12.3 Å². The van der Waals surface area contributed by atoms with Crippen LogP contribution in [-0.4, -0.2) is 35.7 Å². The van der Waals surface area contributed by atoms with Gasteiger partial charge in [-0.2, -0.15) is 0 Å². The lowest BCUT2D eigenvalue weighted by molar-refractivity contribution is 0.183. The molecule has 0 fully saturated rings. The largest absolute Gasteiger partial charge is 0.395 e. The van der Waals surface area contributed by atoms with E-state index in [1.165, 1.54) is 0 Å². The number of amides is 2. The lowest BCUT2D eigenvalue weighted by Gasteiger charge is -2.19. The van der Waals surface area contributed by atoms with Crippen LogP contribution in [0.5, 0.6) is 0 Å². The second kappa shape index (κ2) is 6.45. The molecule has 0 spiro atoms. The monoisotopic (exact) mass is 214 g/mol. The van der Waals surface area contributed by atoms with Crippen molar-refractivity contribution >= 4 is 6.03 Å². The molecule has 0 bridgehead atoms. The molecule has 0 aliphatic rings. The van der Waals surface area contributed by atoms with Gasteiger partial charge in [-0.15, -0.1) is 0 Å². The van der Waals surface area contributed by atoms with Gasteiger partial charge in [0.05, 0.1) is 6.61 Å². The molecule has 0 aromatic carbocycles. The van der Waals surface area contributed by atoms with E-state index >= 15 is 0 Å². The van der Waals surface area contributed by atoms with Gasteiger partial charge in [0.1, 0.15) is 0 Å². The minimum Gasteiger partial charge on any atom is -0.395 e. The summed E-state index contributed by atoms with van der Waals surface area (Å²) in [7, 11) is 0. The standard InChI is InChI=1S/C11H22N2O2/c1-5-13(8-9-14)10(15)12-7-6-11(2,3)4/h6-7,14H,5,8-9H2,1-4H3,(H,12,15)/b7-6+. The number of likely N-dealkylation sites (N-methyl/N-ethyl adjacent to an activating group) is 1. The Balaban J connectivity index is 4.06. The first-order chi connectivity index (χ1) is 6.90. The van der Waals surface area contributed by atoms with Crippen molar-refractivity contribution in [2.45, 2.75) is 27.7 Å². The molecule has 0 rings (SSSR count). The number of hydrogen-bond acceptors (Lipinski definition) is 2. The summed E-state index contributed by atoms with van der Waals surface area (Å²) < 4.78 is 0. The zero-order chi connectivity index (χ0) is 11.9. The minimum absolute atomic E-state index is 0.00968. The molecule has 4 heteroatoms. The Morgan fingerprint density at radius 3 is 2.47 bits per heavy atom. The van der Waals surface area contributed by atoms with Crippen molar-refractivity contribution in [3.8, 4) is 0 Å². The second-order valence-electron chi connectivity index (χ2n) is 4.45. The van der Waals surface area contributed by atoms with Gasteiger partial charge in [0.25, 0.3) is 0 Å². The molecular formula is C11H22N2O2. The molecule has 0 heterocycles. The summed E-state index contributed by atoms with van der Waals surface area (Å²) in [5, 5.41) is 11.4. The molecule has 88 valence electrons. The molecule has 2 amide bonds. The molecular weight excluding hydrogens is 192 g/mol. The topological polar surface area (TPSA) is 52.6 Å². The van der Waals surface area contributed by atoms with Crippen molar-refractivity contribution in [3.05, 3.63) is 12.3 Å². The van der Waals surface area contributed by atoms with Gasteiger partial charge in [0.2, 0.25) is 0 Å². The summed E-state index contributed by atoms with van der Waals surface area (Å²) in [6.07, 6.45) is 3.58. The Labute approximate surface area is 92.0 Å². The molecule has 0 atom stereocenters. The third-order valence-electron chi connectivity index (χ3n) is 1.83. The lowest BCUT2D eigenvalue weighted by Crippen LogP contribution is -2.39. The van der Waals surface area contributed by atoms with Gasteiger partial charge < -0.3 is 15.3 Å². The quantitative estimate of drug-likeness (QED) is 0.746. The van der Waals surface area contributed by atoms with E-state index in [0.717, 1.165) is 0 Å². The van der Waals surface area contributed by atoms with Crippen molar-refractivity contribution in [1.82, 2.24) is 10.2 Å². The van der Waals surface area contributed by atoms with E-state index in [9.17, 15) is 4.79 Å². The van der Waals surface area contributed by atoms with Crippen LogP contribution in [0, 0.1) is 5.41 Å². The highest BCUT2D eigenvalue weighted by molar-refractivity contribution is 5.75. The molecule has 0 aliphatic carbocycles. The highest BCUT2D eigenvalue weighted by atomic mass is 16.3. The van der Waals surface area contributed by atoms with Crippen molar-refractivity contribution in [2.75, 3.05) is 19.7 Å². The number of nitrogens with one attached hydrogen (secondary N) is 1. The number of aliphatic hydroxyl groups is 1. The number of allylic oxidation sites excluding steroid dienone is 1. The highest BCUT2D eigenvalue weighted by Crippen LogP contribution is 2.13. The fourth-order valence-electron chi connectivity index (χ4n) is 0.978. The molecule has 0 saturated heterocycles. The summed E-state index contributed by atoms with van der Waals surface area (Å²) in [5.74, 6) is 0. The van der Waals surface area contributed by atoms with Gasteiger partial charge in [-0.3, -0.25) is 0 Å². The zero-order valence-corrected chi connectivity index (χ0v) is 10.1. The van der Waals surface area contributed by atoms with Crippen molar-refractivity contribution in [1.29, 1.82) is 0 Å². The number of carbonyl (C=O) groups excluding carboxylic acids is 1. The lowest BCUT2D eigenvalue weighted by atomic mass is 9.97. The van der Waals surface area contributed by atoms with Gasteiger partial charge in [0, 0.05) is 19.3 Å². The number of rotatable bonds is 4. The Hall–Kier alpha value is -1.03. The molecule has 0 aliphatic heterocycles. The van der Waals surface area contributed by atoms with E-state index in [2.05, 4.69) is 26.1 Å². The van der Waals surface area contributed by atoms with Gasteiger partial charge in [-0.1, -0.05) is 26.8 Å². The summed E-state index contributed by atoms with van der Waals surface area (Å²) in [6.45, 7) is 9.00. The average molecular weight is 214 g/mol. The number of carbonyl (C=O) groups is 1. The van der Waals surface area contributed by atoms with Crippen molar-refractivity contribution in [2.24, 2.45) is 5.41 Å². The fraction of sp³-hybridized carbons (Fsp3) is 0.727. The second-order valence-corrected chi connectivity index (χ2v) is 4.45. The van der Waals surface area contributed by atoms with E-state index in [0.29, 0.717) is 13.1 Å². The molecule has 2 N–H and O–H groups in total. The predicted molar refractivity (Wildman–Crippen MR) is 61.5 cm³/mol. The maximum Gasteiger partial charge on any atom is 0.321 e. The summed E-state index contributed by atoms with van der Waals surface area (Å²) >= 11 is 0. The van der Waals surface area contributed by atoms with Crippen molar-refractivity contribution in [3.63, 3.8) is 0 Å². The summed E-state index contributed by atoms with van der Waals surface area (Å²) in [4.78, 5) is 13.1. The number of nitrogens with zero attached hydrogens (tertiary/aromatic N) is 1. The Kier molecular flexibility index (Phi) is 6.01. The molecule has 0 radical (unpaired) electrons. The first kappa shape index (κ1) is 14.0. The van der Waals surface area contributed by atoms with Gasteiger partial charge in [0.15, 0.2) is 0 Å². The Morgan fingerprint density at radius 2 is 2.07 bits per heavy atom. The van der Waals surface area contributed by atoms with Crippen LogP contribution >= 0.6 is 0 Å². The number of urea groups is 1. The average Bonchev–Trinajstić information content (AvgIpc) is 2.11. The molecule has 0 aromatic rings. The maximum absolute atomic E-state index is 11.5. The first-order valence-electron chi connectivity index (χ1n) is 5.24. The summed E-state index contributed by atoms with van der Waals surface area (Å²) in [6, 6.07) is -0.174. The van der Waals surface area contributed by atoms with Crippen LogP contribution in [0.1, 0.15) is 27.7 Å². The molecule has 15 heavy (non-hydrogen) atoms. The molecule has 0 saturated carbocycles. The van der Waals surface area contributed by atoms with E-state index in [-0.39, 0.29) is 18.1 Å². The normalized spacial score (nSPS) is 11.8. The smallest absolute Gasteiger partial charge is 0.321 e. The van der Waals surface area contributed by atoms with E-state index in [1.54, 1.807) is 11.1 Å². The van der Waals surface area contributed by atoms with Crippen LogP contribution in [0.4, 0.5) is 4.79 Å². The van der Waals surface area contributed by atoms with E-state index in [4.69, 9.17) is 5.11 Å². The molecule has 0 aromatic heterocycles. The Morgan fingerprint density at radius 1 is 1.47 bits per heavy atom. The van der Waals surface area contributed by atoms with Gasteiger partial charge >= 0.3 is 6.03 Å². The first-order valence-corrected chi connectivity index (χ1v) is 5.24. The number of hydrogen-bond donors (Lipinski definition) is 2. The predicted octanol–water partition coefficient (Wildman–Crippen LogP) is 1.57. The minimum atomic E-state index is -0.174.